The summed E-state index contributed by atoms with van der Waals surface area (Å²) in [7, 11) is -1.74. The Morgan fingerprint density at radius 1 is 1.62 bits per heavy atom. The highest BCUT2D eigenvalue weighted by Crippen LogP contribution is 2.07. The second-order valence-corrected chi connectivity index (χ2v) is 6.18. The summed E-state index contributed by atoms with van der Waals surface area (Å²) < 4.78 is 27.3. The van der Waals surface area contributed by atoms with Crippen LogP contribution in [0.3, 0.4) is 0 Å². The summed E-state index contributed by atoms with van der Waals surface area (Å²) in [5.41, 5.74) is 0. The van der Waals surface area contributed by atoms with Crippen molar-refractivity contribution >= 4 is 21.6 Å². The van der Waals surface area contributed by atoms with E-state index >= 15 is 0 Å². The van der Waals surface area contributed by atoms with Gasteiger partial charge in [0.2, 0.25) is 10.0 Å². The van der Waals surface area contributed by atoms with Crippen LogP contribution in [0.4, 0.5) is 0 Å². The molecule has 0 bridgehead atoms. The minimum atomic E-state index is -3.41. The summed E-state index contributed by atoms with van der Waals surface area (Å²) in [5.74, 6) is 0. The van der Waals surface area contributed by atoms with Gasteiger partial charge in [-0.1, -0.05) is 0 Å². The number of aromatic nitrogens is 2. The number of sulfonamides is 1. The summed E-state index contributed by atoms with van der Waals surface area (Å²) in [6, 6.07) is 0. The molecule has 0 fully saturated rings. The molecule has 0 saturated carbocycles. The predicted molar refractivity (Wildman–Crippen MR) is 62.9 cm³/mol. The number of rotatable bonds is 6. The quantitative estimate of drug-likeness (QED) is 0.619. The van der Waals surface area contributed by atoms with Crippen molar-refractivity contribution in [3.05, 3.63) is 12.4 Å². The van der Waals surface area contributed by atoms with E-state index in [2.05, 4.69) is 9.82 Å². The highest BCUT2D eigenvalue weighted by atomic mass is 35.5. The Balaban J connectivity index is 2.47. The van der Waals surface area contributed by atoms with Gasteiger partial charge < -0.3 is 0 Å². The highest BCUT2D eigenvalue weighted by Gasteiger charge is 2.14. The molecule has 1 N–H and O–H groups in total. The van der Waals surface area contributed by atoms with Crippen LogP contribution < -0.4 is 4.72 Å². The molecule has 1 atom stereocenters. The largest absolute Gasteiger partial charge is 0.274 e. The number of hydrogen-bond donors (Lipinski definition) is 1. The third-order valence-electron chi connectivity index (χ3n) is 2.06. The van der Waals surface area contributed by atoms with Crippen molar-refractivity contribution in [2.75, 3.05) is 6.54 Å². The van der Waals surface area contributed by atoms with Gasteiger partial charge >= 0.3 is 0 Å². The third-order valence-corrected chi connectivity index (χ3v) is 3.70. The molecule has 7 heteroatoms. The predicted octanol–water partition coefficient (Wildman–Crippen LogP) is 1.11. The lowest BCUT2D eigenvalue weighted by molar-refractivity contribution is 0.576. The molecule has 16 heavy (non-hydrogen) atoms. The van der Waals surface area contributed by atoms with E-state index in [4.69, 9.17) is 11.6 Å². The molecule has 0 radical (unpaired) electrons. The van der Waals surface area contributed by atoms with Gasteiger partial charge in [-0.15, -0.1) is 11.6 Å². The molecule has 0 spiro atoms. The first-order valence-electron chi connectivity index (χ1n) is 5.04. The summed E-state index contributed by atoms with van der Waals surface area (Å²) in [6.07, 6.45) is 4.31. The van der Waals surface area contributed by atoms with E-state index in [0.717, 1.165) is 12.8 Å². The van der Waals surface area contributed by atoms with E-state index in [0.29, 0.717) is 6.54 Å². The second kappa shape index (κ2) is 5.65. The molecule has 1 aromatic heterocycles. The highest BCUT2D eigenvalue weighted by molar-refractivity contribution is 7.89. The average Bonchev–Trinajstić information content (AvgIpc) is 2.60. The molecular weight excluding hydrogens is 250 g/mol. The van der Waals surface area contributed by atoms with E-state index in [1.54, 1.807) is 7.05 Å². The first kappa shape index (κ1) is 13.5. The van der Waals surface area contributed by atoms with Crippen LogP contribution in [0.2, 0.25) is 0 Å². The molecule has 1 rings (SSSR count). The van der Waals surface area contributed by atoms with Crippen LogP contribution in [-0.4, -0.2) is 30.1 Å². The number of aryl methyl sites for hydroxylation is 1. The standard InChI is InChI=1S/C9H16ClN3O2S/c1-8(10)4-3-5-12-16(14,15)9-6-11-13(2)7-9/h6-8,12H,3-5H2,1-2H3. The number of nitrogens with one attached hydrogen (secondary N) is 1. The van der Waals surface area contributed by atoms with Gasteiger partial charge in [-0.25, -0.2) is 13.1 Å². The van der Waals surface area contributed by atoms with Crippen LogP contribution in [0.5, 0.6) is 0 Å². The fourth-order valence-corrected chi connectivity index (χ4v) is 2.42. The van der Waals surface area contributed by atoms with E-state index in [-0.39, 0.29) is 10.3 Å². The first-order chi connectivity index (χ1) is 7.42. The Hall–Kier alpha value is -0.590. The van der Waals surface area contributed by atoms with Crippen molar-refractivity contribution in [3.63, 3.8) is 0 Å². The molecule has 0 aromatic carbocycles. The molecule has 5 nitrogen and oxygen atoms in total. The minimum absolute atomic E-state index is 0.0721. The monoisotopic (exact) mass is 265 g/mol. The smallest absolute Gasteiger partial charge is 0.243 e. The lowest BCUT2D eigenvalue weighted by Crippen LogP contribution is -2.24. The topological polar surface area (TPSA) is 64.0 Å². The summed E-state index contributed by atoms with van der Waals surface area (Å²) in [5, 5.41) is 3.89. The molecule has 92 valence electrons. The summed E-state index contributed by atoms with van der Waals surface area (Å²) in [4.78, 5) is 0.189. The Labute approximate surface area is 101 Å². The van der Waals surface area contributed by atoms with Crippen molar-refractivity contribution in [3.8, 4) is 0 Å². The lowest BCUT2D eigenvalue weighted by atomic mass is 10.2. The van der Waals surface area contributed by atoms with Crippen molar-refractivity contribution < 1.29 is 8.42 Å². The van der Waals surface area contributed by atoms with Gasteiger partial charge in [0.25, 0.3) is 0 Å². The van der Waals surface area contributed by atoms with E-state index in [1.165, 1.54) is 17.1 Å². The van der Waals surface area contributed by atoms with Crippen LogP contribution in [0, 0.1) is 0 Å². The third kappa shape index (κ3) is 4.11. The molecule has 1 heterocycles. The maximum atomic E-state index is 11.7. The zero-order valence-electron chi connectivity index (χ0n) is 9.35. The van der Waals surface area contributed by atoms with Gasteiger partial charge in [0, 0.05) is 25.2 Å². The maximum absolute atomic E-state index is 11.7. The zero-order chi connectivity index (χ0) is 12.2. The number of nitrogens with zero attached hydrogens (tertiary/aromatic N) is 2. The zero-order valence-corrected chi connectivity index (χ0v) is 10.9. The van der Waals surface area contributed by atoms with Crippen molar-refractivity contribution in [2.24, 2.45) is 7.05 Å². The fourth-order valence-electron chi connectivity index (χ4n) is 1.21. The van der Waals surface area contributed by atoms with Gasteiger partial charge in [-0.3, -0.25) is 4.68 Å². The van der Waals surface area contributed by atoms with E-state index < -0.39 is 10.0 Å². The Morgan fingerprint density at radius 3 is 2.81 bits per heavy atom. The second-order valence-electron chi connectivity index (χ2n) is 3.67. The SMILES string of the molecule is CC(Cl)CCCNS(=O)(=O)c1cnn(C)c1. The van der Waals surface area contributed by atoms with Gasteiger partial charge in [-0.2, -0.15) is 5.10 Å². The maximum Gasteiger partial charge on any atom is 0.243 e. The Bertz CT molecular complexity index is 428. The van der Waals surface area contributed by atoms with Crippen LogP contribution >= 0.6 is 11.6 Å². The summed E-state index contributed by atoms with van der Waals surface area (Å²) >= 11 is 5.76. The molecule has 0 saturated heterocycles. The van der Waals surface area contributed by atoms with Crippen LogP contribution in [-0.2, 0) is 17.1 Å². The molecule has 1 unspecified atom stereocenters. The van der Waals surface area contributed by atoms with Crippen LogP contribution in [0.1, 0.15) is 19.8 Å². The van der Waals surface area contributed by atoms with Crippen molar-refractivity contribution in [1.29, 1.82) is 0 Å². The fraction of sp³-hybridized carbons (Fsp3) is 0.667. The molecule has 1 aromatic rings. The Morgan fingerprint density at radius 2 is 2.31 bits per heavy atom. The molecule has 0 aliphatic carbocycles. The minimum Gasteiger partial charge on any atom is -0.274 e. The molecular formula is C9H16ClN3O2S. The first-order valence-corrected chi connectivity index (χ1v) is 6.96. The van der Waals surface area contributed by atoms with Gasteiger partial charge in [-0.05, 0) is 19.8 Å². The van der Waals surface area contributed by atoms with Gasteiger partial charge in [0.15, 0.2) is 0 Å². The normalized spacial score (nSPS) is 13.9. The number of halogens is 1. The van der Waals surface area contributed by atoms with E-state index in [9.17, 15) is 8.42 Å². The van der Waals surface area contributed by atoms with Crippen molar-refractivity contribution in [1.82, 2.24) is 14.5 Å². The molecule has 0 aliphatic rings. The lowest BCUT2D eigenvalue weighted by Gasteiger charge is -2.05. The Kier molecular flexibility index (Phi) is 4.76. The van der Waals surface area contributed by atoms with E-state index in [1.807, 2.05) is 6.92 Å². The van der Waals surface area contributed by atoms with Crippen LogP contribution in [0.25, 0.3) is 0 Å². The van der Waals surface area contributed by atoms with Crippen molar-refractivity contribution in [2.45, 2.75) is 30.0 Å². The van der Waals surface area contributed by atoms with Crippen LogP contribution in [0.15, 0.2) is 17.3 Å². The molecule has 0 amide bonds. The number of alkyl halides is 1. The average molecular weight is 266 g/mol. The number of hydrogen-bond acceptors (Lipinski definition) is 3. The molecule has 0 aliphatic heterocycles. The van der Waals surface area contributed by atoms with Gasteiger partial charge in [0.1, 0.15) is 4.90 Å². The summed E-state index contributed by atoms with van der Waals surface area (Å²) in [6.45, 7) is 2.28. The van der Waals surface area contributed by atoms with Gasteiger partial charge in [0.05, 0.1) is 6.20 Å².